The Balaban J connectivity index is 2.06. The minimum Gasteiger partial charge on any atom is -0.480 e. The fraction of sp³-hybridized carbons (Fsp3) is 0.375. The van der Waals surface area contributed by atoms with Crippen LogP contribution in [0.25, 0.3) is 0 Å². The van der Waals surface area contributed by atoms with Crippen LogP contribution in [0.15, 0.2) is 36.7 Å². The number of carbonyl (C=O) groups excluding carboxylic acids is 1. The van der Waals surface area contributed by atoms with Crippen molar-refractivity contribution in [2.45, 2.75) is 25.7 Å². The SMILES string of the molecule is C[C@@H](Oc1ccccc1C(F)(F)F)C(=O)N(C)Cc1cnn(C)c1. The number of aromatic nitrogens is 2. The molecule has 2 rings (SSSR count). The van der Waals surface area contributed by atoms with E-state index in [2.05, 4.69) is 5.10 Å². The molecule has 8 heteroatoms. The monoisotopic (exact) mass is 341 g/mol. The molecule has 0 aliphatic rings. The highest BCUT2D eigenvalue weighted by atomic mass is 19.4. The minimum atomic E-state index is -4.54. The maximum absolute atomic E-state index is 13.0. The van der Waals surface area contributed by atoms with E-state index in [1.807, 2.05) is 0 Å². The lowest BCUT2D eigenvalue weighted by Crippen LogP contribution is -2.37. The lowest BCUT2D eigenvalue weighted by atomic mass is 10.2. The van der Waals surface area contributed by atoms with Gasteiger partial charge in [-0.25, -0.2) is 0 Å². The first-order valence-electron chi connectivity index (χ1n) is 7.24. The molecule has 5 nitrogen and oxygen atoms in total. The molecule has 1 atom stereocenters. The zero-order chi connectivity index (χ0) is 17.9. The number of para-hydroxylation sites is 1. The molecule has 0 spiro atoms. The third-order valence-electron chi connectivity index (χ3n) is 3.40. The predicted molar refractivity (Wildman–Crippen MR) is 81.2 cm³/mol. The fourth-order valence-electron chi connectivity index (χ4n) is 2.26. The van der Waals surface area contributed by atoms with Crippen LogP contribution in [0.5, 0.6) is 5.75 Å². The van der Waals surface area contributed by atoms with Gasteiger partial charge in [0.1, 0.15) is 5.75 Å². The van der Waals surface area contributed by atoms with Crippen LogP contribution in [0, 0.1) is 0 Å². The van der Waals surface area contributed by atoms with Gasteiger partial charge in [0.25, 0.3) is 5.91 Å². The van der Waals surface area contributed by atoms with Gasteiger partial charge in [0, 0.05) is 32.4 Å². The molecule has 1 aromatic carbocycles. The van der Waals surface area contributed by atoms with E-state index in [0.29, 0.717) is 6.54 Å². The molecule has 130 valence electrons. The minimum absolute atomic E-state index is 0.293. The Labute approximate surface area is 137 Å². The van der Waals surface area contributed by atoms with Crippen molar-refractivity contribution >= 4 is 5.91 Å². The van der Waals surface area contributed by atoms with Gasteiger partial charge in [-0.1, -0.05) is 12.1 Å². The van der Waals surface area contributed by atoms with Crippen LogP contribution < -0.4 is 4.74 Å². The van der Waals surface area contributed by atoms with E-state index in [1.165, 1.54) is 30.0 Å². The van der Waals surface area contributed by atoms with Gasteiger partial charge >= 0.3 is 6.18 Å². The molecule has 0 saturated carbocycles. The van der Waals surface area contributed by atoms with E-state index in [4.69, 9.17) is 4.74 Å². The van der Waals surface area contributed by atoms with Crippen LogP contribution in [0.3, 0.4) is 0 Å². The summed E-state index contributed by atoms with van der Waals surface area (Å²) in [5.41, 5.74) is -0.0872. The van der Waals surface area contributed by atoms with Crippen molar-refractivity contribution in [1.82, 2.24) is 14.7 Å². The molecule has 1 heterocycles. The molecule has 0 aliphatic heterocycles. The van der Waals surface area contributed by atoms with E-state index in [1.54, 1.807) is 31.2 Å². The Morgan fingerprint density at radius 2 is 2.04 bits per heavy atom. The van der Waals surface area contributed by atoms with Crippen molar-refractivity contribution in [2.75, 3.05) is 7.05 Å². The summed E-state index contributed by atoms with van der Waals surface area (Å²) in [5, 5.41) is 4.00. The highest BCUT2D eigenvalue weighted by molar-refractivity contribution is 5.80. The van der Waals surface area contributed by atoms with Crippen LogP contribution in [-0.2, 0) is 24.6 Å². The standard InChI is InChI=1S/C16H18F3N3O2/c1-11(15(23)21(2)9-12-8-20-22(3)10-12)24-14-7-5-4-6-13(14)16(17,18)19/h4-8,10-11H,9H2,1-3H3/t11-/m1/s1. The number of aryl methyl sites for hydroxylation is 1. The Bertz CT molecular complexity index is 713. The predicted octanol–water partition coefficient (Wildman–Crippen LogP) is 2.86. The van der Waals surface area contributed by atoms with E-state index in [-0.39, 0.29) is 5.75 Å². The second-order valence-electron chi connectivity index (χ2n) is 5.47. The van der Waals surface area contributed by atoms with E-state index >= 15 is 0 Å². The molecule has 0 bridgehead atoms. The molecule has 0 fully saturated rings. The highest BCUT2D eigenvalue weighted by Gasteiger charge is 2.35. The van der Waals surface area contributed by atoms with Crippen LogP contribution in [0.1, 0.15) is 18.1 Å². The number of nitrogens with zero attached hydrogens (tertiary/aromatic N) is 3. The van der Waals surface area contributed by atoms with Crippen molar-refractivity contribution in [3.8, 4) is 5.75 Å². The summed E-state index contributed by atoms with van der Waals surface area (Å²) < 4.78 is 45.8. The van der Waals surface area contributed by atoms with Crippen molar-refractivity contribution in [2.24, 2.45) is 7.05 Å². The number of amides is 1. The molecular formula is C16H18F3N3O2. The summed E-state index contributed by atoms with van der Waals surface area (Å²) >= 11 is 0. The second-order valence-corrected chi connectivity index (χ2v) is 5.47. The summed E-state index contributed by atoms with van der Waals surface area (Å²) in [7, 11) is 3.32. The van der Waals surface area contributed by atoms with Crippen molar-refractivity contribution in [1.29, 1.82) is 0 Å². The molecule has 2 aromatic rings. The van der Waals surface area contributed by atoms with Crippen molar-refractivity contribution in [3.63, 3.8) is 0 Å². The van der Waals surface area contributed by atoms with E-state index in [0.717, 1.165) is 11.6 Å². The van der Waals surface area contributed by atoms with Gasteiger partial charge < -0.3 is 9.64 Å². The quantitative estimate of drug-likeness (QED) is 0.840. The summed E-state index contributed by atoms with van der Waals surface area (Å²) in [6, 6.07) is 4.83. The number of alkyl halides is 3. The van der Waals surface area contributed by atoms with Crippen LogP contribution >= 0.6 is 0 Å². The smallest absolute Gasteiger partial charge is 0.419 e. The number of hydrogen-bond donors (Lipinski definition) is 0. The average Bonchev–Trinajstić information content (AvgIpc) is 2.90. The molecule has 0 radical (unpaired) electrons. The van der Waals surface area contributed by atoms with Crippen molar-refractivity contribution < 1.29 is 22.7 Å². The maximum atomic E-state index is 13.0. The Morgan fingerprint density at radius 1 is 1.38 bits per heavy atom. The van der Waals surface area contributed by atoms with E-state index in [9.17, 15) is 18.0 Å². The van der Waals surface area contributed by atoms with Gasteiger partial charge in [-0.3, -0.25) is 9.48 Å². The number of ether oxygens (including phenoxy) is 1. The van der Waals surface area contributed by atoms with Gasteiger partial charge in [-0.05, 0) is 19.1 Å². The van der Waals surface area contributed by atoms with Crippen LogP contribution in [0.4, 0.5) is 13.2 Å². The van der Waals surface area contributed by atoms with Gasteiger partial charge in [-0.2, -0.15) is 18.3 Å². The topological polar surface area (TPSA) is 47.4 Å². The molecule has 0 saturated heterocycles. The molecule has 1 amide bonds. The summed E-state index contributed by atoms with van der Waals surface area (Å²) in [6.45, 7) is 1.72. The van der Waals surface area contributed by atoms with Crippen LogP contribution in [0.2, 0.25) is 0 Å². The maximum Gasteiger partial charge on any atom is 0.419 e. The molecule has 24 heavy (non-hydrogen) atoms. The van der Waals surface area contributed by atoms with Crippen LogP contribution in [-0.4, -0.2) is 33.7 Å². The third kappa shape index (κ3) is 4.27. The number of halogens is 3. The zero-order valence-corrected chi connectivity index (χ0v) is 13.5. The van der Waals surface area contributed by atoms with Gasteiger partial charge in [-0.15, -0.1) is 0 Å². The number of benzene rings is 1. The average molecular weight is 341 g/mol. The zero-order valence-electron chi connectivity index (χ0n) is 13.5. The largest absolute Gasteiger partial charge is 0.480 e. The number of likely N-dealkylation sites (N-methyl/N-ethyl adjacent to an activating group) is 1. The summed E-state index contributed by atoms with van der Waals surface area (Å²) in [6.07, 6.45) is -2.21. The van der Waals surface area contributed by atoms with Gasteiger partial charge in [0.2, 0.25) is 0 Å². The summed E-state index contributed by atoms with van der Waals surface area (Å²) in [5.74, 6) is -0.781. The molecule has 0 N–H and O–H groups in total. The Hall–Kier alpha value is -2.51. The number of carbonyl (C=O) groups is 1. The van der Waals surface area contributed by atoms with Gasteiger partial charge in [0.05, 0.1) is 11.8 Å². The molecular weight excluding hydrogens is 323 g/mol. The number of rotatable bonds is 5. The van der Waals surface area contributed by atoms with E-state index < -0.39 is 23.8 Å². The first kappa shape index (κ1) is 17.8. The Morgan fingerprint density at radius 3 is 2.62 bits per heavy atom. The van der Waals surface area contributed by atoms with Gasteiger partial charge in [0.15, 0.2) is 6.10 Å². The molecule has 0 unspecified atom stereocenters. The highest BCUT2D eigenvalue weighted by Crippen LogP contribution is 2.36. The fourth-order valence-corrected chi connectivity index (χ4v) is 2.26. The first-order valence-corrected chi connectivity index (χ1v) is 7.24. The lowest BCUT2D eigenvalue weighted by Gasteiger charge is -2.23. The van der Waals surface area contributed by atoms with Crippen molar-refractivity contribution in [3.05, 3.63) is 47.8 Å². The molecule has 1 aromatic heterocycles. The third-order valence-corrected chi connectivity index (χ3v) is 3.40. The lowest BCUT2D eigenvalue weighted by molar-refractivity contribution is -0.143. The second kappa shape index (κ2) is 6.94. The normalized spacial score (nSPS) is 12.8. The summed E-state index contributed by atoms with van der Waals surface area (Å²) in [4.78, 5) is 13.7. The Kier molecular flexibility index (Phi) is 5.16. The number of hydrogen-bond acceptors (Lipinski definition) is 3. The molecule has 0 aliphatic carbocycles. The first-order chi connectivity index (χ1) is 11.2.